The van der Waals surface area contributed by atoms with Crippen molar-refractivity contribution in [2.45, 2.75) is 341 Å². The van der Waals surface area contributed by atoms with Gasteiger partial charge in [0.05, 0.1) is 27.7 Å². The lowest BCUT2D eigenvalue weighted by Crippen LogP contribution is -2.37. The normalized spacial score (nSPS) is 13.9. The number of hydrogen-bond acceptors (Lipinski definition) is 8. The van der Waals surface area contributed by atoms with Gasteiger partial charge < -0.3 is 27.9 Å². The molecule has 0 aliphatic carbocycles. The Labute approximate surface area is 617 Å². The summed E-state index contributed by atoms with van der Waals surface area (Å²) in [6.45, 7) is 4.10. The number of quaternary nitrogens is 1. The largest absolute Gasteiger partial charge is 0.756 e. The van der Waals surface area contributed by atoms with Crippen LogP contribution in [0.25, 0.3) is 0 Å². The third-order valence-electron chi connectivity index (χ3n) is 17.2. The first kappa shape index (κ1) is 95.4. The molecule has 0 saturated heterocycles. The van der Waals surface area contributed by atoms with Crippen molar-refractivity contribution in [2.75, 3.05) is 47.5 Å². The van der Waals surface area contributed by atoms with Crippen LogP contribution < -0.4 is 4.89 Å². The van der Waals surface area contributed by atoms with Crippen molar-refractivity contribution in [3.8, 4) is 0 Å². The van der Waals surface area contributed by atoms with E-state index in [0.29, 0.717) is 17.4 Å². The number of esters is 2. The van der Waals surface area contributed by atoms with Gasteiger partial charge in [0.25, 0.3) is 7.82 Å². The Kier molecular flexibility index (Phi) is 74.9. The van der Waals surface area contributed by atoms with E-state index >= 15 is 0 Å². The lowest BCUT2D eigenvalue weighted by molar-refractivity contribution is -0.870. The van der Waals surface area contributed by atoms with Crippen LogP contribution in [0, 0.1) is 0 Å². The van der Waals surface area contributed by atoms with Crippen LogP contribution in [0.2, 0.25) is 0 Å². The monoisotopic (exact) mass is 1410 g/mol. The first-order chi connectivity index (χ1) is 49.0. The fraction of sp³-hybridized carbons (Fsp3) is 0.667. The van der Waals surface area contributed by atoms with Crippen LogP contribution in [0.15, 0.2) is 170 Å². The fourth-order valence-electron chi connectivity index (χ4n) is 11.0. The first-order valence-corrected chi connectivity index (χ1v) is 42.3. The average Bonchev–Trinajstić information content (AvgIpc) is 1.30. The van der Waals surface area contributed by atoms with E-state index < -0.39 is 26.5 Å². The van der Waals surface area contributed by atoms with Gasteiger partial charge in [0, 0.05) is 12.8 Å². The predicted octanol–water partition coefficient (Wildman–Crippen LogP) is 27.0. The summed E-state index contributed by atoms with van der Waals surface area (Å²) in [6, 6.07) is 0. The van der Waals surface area contributed by atoms with E-state index in [-0.39, 0.29) is 32.0 Å². The van der Waals surface area contributed by atoms with E-state index in [1.54, 1.807) is 0 Å². The van der Waals surface area contributed by atoms with Gasteiger partial charge in [0.1, 0.15) is 19.8 Å². The molecule has 0 spiro atoms. The van der Waals surface area contributed by atoms with Gasteiger partial charge in [-0.05, 0) is 135 Å². The topological polar surface area (TPSA) is 111 Å². The standard InChI is InChI=1S/C90H152NO8P/c1-6-8-10-12-14-16-18-20-22-24-26-28-30-32-34-36-38-40-42-43-44-45-46-47-49-51-53-55-57-59-61-63-65-67-69-71-73-75-77-79-81-83-90(93)99-88(87-98-100(94,95)97-85-84-91(3,4)5)86-96-89(92)82-80-78-76-74-72-70-68-66-64-62-60-58-56-54-52-50-48-41-39-37-35-33-31-29-27-25-23-21-19-17-15-13-11-9-7-2/h8,10,14,16,19-22,25-28,32,34,38,40,43-44,46-47,51,53,57,59,63,65,69,71,88H,6-7,9,11-13,15,17-18,23-24,29-31,33,35-37,39,41-42,45,48-50,52,54-56,58,60-62,64,66-68,70,72-87H2,1-5H3/b10-8-,16-14-,21-19-,22-20-,27-25-,28-26-,34-32-,40-38-,44-43-,47-46-,53-51-,59-57-,65-63-,71-69-. The van der Waals surface area contributed by atoms with Crippen LogP contribution in [0.5, 0.6) is 0 Å². The minimum Gasteiger partial charge on any atom is -0.756 e. The summed E-state index contributed by atoms with van der Waals surface area (Å²) >= 11 is 0. The van der Waals surface area contributed by atoms with Crippen molar-refractivity contribution in [3.05, 3.63) is 170 Å². The van der Waals surface area contributed by atoms with Gasteiger partial charge in [-0.25, -0.2) is 0 Å². The molecule has 0 amide bonds. The van der Waals surface area contributed by atoms with Crippen LogP contribution in [-0.2, 0) is 32.7 Å². The molecule has 0 saturated carbocycles. The molecule has 0 N–H and O–H groups in total. The molecule has 0 aliphatic rings. The second-order valence-corrected chi connectivity index (χ2v) is 29.5. The SMILES string of the molecule is CC/C=C\C/C=C\C/C=C\C/C=C\C/C=C\C/C=C\C/C=C\C/C=C\C/C=C\C/C=C\C/C=C\C/C=C\CCCCCCC(=O)OC(COC(=O)CCCCCCCCCCCCCCCCCCCCCCCCC/C=C\C/C=C\CCCCCCC)COP(=O)([O-])OCC[N+](C)(C)C. The second kappa shape index (κ2) is 78.5. The number of likely N-dealkylation sites (N-methyl/N-ethyl adjacent to an activating group) is 1. The van der Waals surface area contributed by atoms with Gasteiger partial charge in [-0.2, -0.15) is 0 Å². The number of carbonyl (C=O) groups excluding carboxylic acids is 2. The number of carbonyl (C=O) groups is 2. The summed E-state index contributed by atoms with van der Waals surface area (Å²) in [4.78, 5) is 38.2. The van der Waals surface area contributed by atoms with Crippen molar-refractivity contribution in [3.63, 3.8) is 0 Å². The third kappa shape index (κ3) is 82.3. The molecule has 0 aliphatic heterocycles. The molecule has 0 rings (SSSR count). The van der Waals surface area contributed by atoms with Crippen LogP contribution in [0.3, 0.4) is 0 Å². The van der Waals surface area contributed by atoms with Gasteiger partial charge in [-0.1, -0.05) is 357 Å². The van der Waals surface area contributed by atoms with E-state index in [4.69, 9.17) is 18.5 Å². The van der Waals surface area contributed by atoms with Gasteiger partial charge >= 0.3 is 11.9 Å². The van der Waals surface area contributed by atoms with Crippen molar-refractivity contribution in [1.29, 1.82) is 0 Å². The Bertz CT molecular complexity index is 2300. The van der Waals surface area contributed by atoms with Crippen molar-refractivity contribution in [1.82, 2.24) is 0 Å². The summed E-state index contributed by atoms with van der Waals surface area (Å²) in [5, 5.41) is 0. The van der Waals surface area contributed by atoms with E-state index in [0.717, 1.165) is 128 Å². The van der Waals surface area contributed by atoms with Crippen LogP contribution in [0.1, 0.15) is 335 Å². The van der Waals surface area contributed by atoms with Crippen molar-refractivity contribution >= 4 is 19.8 Å². The molecular formula is C90H152NO8P. The maximum Gasteiger partial charge on any atom is 0.306 e. The lowest BCUT2D eigenvalue weighted by Gasteiger charge is -2.28. The highest BCUT2D eigenvalue weighted by Crippen LogP contribution is 2.38. The summed E-state index contributed by atoms with van der Waals surface area (Å²) in [7, 11) is 1.14. The van der Waals surface area contributed by atoms with Gasteiger partial charge in [-0.3, -0.25) is 14.2 Å². The maximum absolute atomic E-state index is 12.9. The highest BCUT2D eigenvalue weighted by atomic mass is 31.2. The third-order valence-corrected chi connectivity index (χ3v) is 18.2. The molecule has 2 atom stereocenters. The van der Waals surface area contributed by atoms with E-state index in [9.17, 15) is 19.0 Å². The number of ether oxygens (including phenoxy) is 2. The second-order valence-electron chi connectivity index (χ2n) is 28.0. The number of nitrogens with zero attached hydrogens (tertiary/aromatic N) is 1. The summed E-state index contributed by atoms with van der Waals surface area (Å²) in [6.07, 6.45) is 119. The Morgan fingerprint density at radius 3 is 0.850 bits per heavy atom. The number of hydrogen-bond donors (Lipinski definition) is 0. The fourth-order valence-corrected chi connectivity index (χ4v) is 11.8. The number of phosphoric acid groups is 1. The summed E-state index contributed by atoms with van der Waals surface area (Å²) < 4.78 is 34.4. The molecular weight excluding hydrogens is 1250 g/mol. The van der Waals surface area contributed by atoms with E-state index in [1.165, 1.54) is 173 Å². The molecule has 0 aromatic rings. The zero-order valence-electron chi connectivity index (χ0n) is 65.1. The average molecular weight is 1410 g/mol. The smallest absolute Gasteiger partial charge is 0.306 e. The molecule has 9 nitrogen and oxygen atoms in total. The van der Waals surface area contributed by atoms with Gasteiger partial charge in [0.15, 0.2) is 6.10 Å². The zero-order valence-corrected chi connectivity index (χ0v) is 66.0. The molecule has 570 valence electrons. The molecule has 0 aromatic carbocycles. The van der Waals surface area contributed by atoms with Gasteiger partial charge in [-0.15, -0.1) is 0 Å². The molecule has 0 fully saturated rings. The highest BCUT2D eigenvalue weighted by Gasteiger charge is 2.22. The number of rotatable bonds is 74. The van der Waals surface area contributed by atoms with E-state index in [1.807, 2.05) is 21.1 Å². The Balaban J connectivity index is 4.07. The maximum atomic E-state index is 12.9. The number of allylic oxidation sites excluding steroid dienone is 28. The van der Waals surface area contributed by atoms with Crippen molar-refractivity contribution in [2.24, 2.45) is 0 Å². The van der Waals surface area contributed by atoms with E-state index in [2.05, 4.69) is 184 Å². The predicted molar refractivity (Wildman–Crippen MR) is 433 cm³/mol. The Morgan fingerprint density at radius 1 is 0.320 bits per heavy atom. The molecule has 0 heterocycles. The molecule has 0 radical (unpaired) electrons. The minimum absolute atomic E-state index is 0.0431. The lowest BCUT2D eigenvalue weighted by atomic mass is 10.0. The van der Waals surface area contributed by atoms with Crippen LogP contribution in [0.4, 0.5) is 0 Å². The summed E-state index contributed by atoms with van der Waals surface area (Å²) in [5.74, 6) is -0.862. The number of unbranched alkanes of at least 4 members (excludes halogenated alkanes) is 32. The molecule has 100 heavy (non-hydrogen) atoms. The van der Waals surface area contributed by atoms with Crippen molar-refractivity contribution < 1.29 is 42.1 Å². The van der Waals surface area contributed by atoms with Crippen LogP contribution >= 0.6 is 7.82 Å². The molecule has 0 aromatic heterocycles. The van der Waals surface area contributed by atoms with Gasteiger partial charge in [0.2, 0.25) is 0 Å². The minimum atomic E-state index is -4.66. The first-order valence-electron chi connectivity index (χ1n) is 40.8. The number of phosphoric ester groups is 1. The molecule has 2 unspecified atom stereocenters. The Hall–Kier alpha value is -4.63. The summed E-state index contributed by atoms with van der Waals surface area (Å²) in [5.41, 5.74) is 0. The van der Waals surface area contributed by atoms with Crippen LogP contribution in [-0.4, -0.2) is 70.0 Å². The quantitative estimate of drug-likeness (QED) is 0.0195. The zero-order chi connectivity index (χ0) is 72.5. The Morgan fingerprint density at radius 2 is 0.570 bits per heavy atom. The molecule has 10 heteroatoms. The highest BCUT2D eigenvalue weighted by molar-refractivity contribution is 7.45. The molecule has 0 bridgehead atoms.